The molecule has 0 spiro atoms. The Morgan fingerprint density at radius 3 is 2.45 bits per heavy atom. The van der Waals surface area contributed by atoms with Crippen molar-refractivity contribution in [3.05, 3.63) is 0 Å². The van der Waals surface area contributed by atoms with Crippen molar-refractivity contribution in [1.82, 2.24) is 9.80 Å². The first-order valence-electron chi connectivity index (χ1n) is 8.34. The highest BCUT2D eigenvalue weighted by Crippen LogP contribution is 2.28. The van der Waals surface area contributed by atoms with Gasteiger partial charge in [0.15, 0.2) is 0 Å². The Bertz CT molecular complexity index is 377. The molecule has 0 aromatic carbocycles. The standard InChI is InChI=1S/C16H30N2O4/c1-16(2,3)22-15(21)17-10-12(11-17)18(8-9-19)13-6-4-5-7-14(13)20/h12-14,19-20H,4-11H2,1-3H3/t13-,14-/m0/s1. The molecule has 1 saturated heterocycles. The van der Waals surface area contributed by atoms with Crippen LogP contribution in [0, 0.1) is 0 Å². The molecule has 2 fully saturated rings. The Labute approximate surface area is 133 Å². The second-order valence-electron chi connectivity index (χ2n) is 7.42. The van der Waals surface area contributed by atoms with E-state index in [0.29, 0.717) is 19.6 Å². The van der Waals surface area contributed by atoms with Crippen LogP contribution in [0.2, 0.25) is 0 Å². The molecule has 22 heavy (non-hydrogen) atoms. The lowest BCUT2D eigenvalue weighted by molar-refractivity contribution is -0.0591. The molecular formula is C16H30N2O4. The smallest absolute Gasteiger partial charge is 0.410 e. The summed E-state index contributed by atoms with van der Waals surface area (Å²) in [5.41, 5.74) is -0.480. The van der Waals surface area contributed by atoms with Crippen molar-refractivity contribution >= 4 is 6.09 Å². The van der Waals surface area contributed by atoms with Crippen LogP contribution in [0.1, 0.15) is 46.5 Å². The zero-order valence-electron chi connectivity index (χ0n) is 14.0. The van der Waals surface area contributed by atoms with Crippen molar-refractivity contribution < 1.29 is 19.7 Å². The molecule has 2 rings (SSSR count). The van der Waals surface area contributed by atoms with Gasteiger partial charge in [-0.3, -0.25) is 4.90 Å². The molecule has 0 unspecified atom stereocenters. The summed E-state index contributed by atoms with van der Waals surface area (Å²) in [6, 6.07) is 0.309. The highest BCUT2D eigenvalue weighted by atomic mass is 16.6. The van der Waals surface area contributed by atoms with Crippen molar-refractivity contribution in [3.8, 4) is 0 Å². The minimum absolute atomic E-state index is 0.0756. The number of amides is 1. The van der Waals surface area contributed by atoms with E-state index >= 15 is 0 Å². The molecule has 2 aliphatic rings. The summed E-state index contributed by atoms with van der Waals surface area (Å²) in [4.78, 5) is 15.9. The van der Waals surface area contributed by atoms with Crippen molar-refractivity contribution in [2.45, 2.75) is 70.2 Å². The van der Waals surface area contributed by atoms with Crippen molar-refractivity contribution in [3.63, 3.8) is 0 Å². The van der Waals surface area contributed by atoms with Crippen LogP contribution in [0.3, 0.4) is 0 Å². The van der Waals surface area contributed by atoms with Crippen LogP contribution in [-0.4, -0.2) is 76.1 Å². The third-order valence-corrected chi connectivity index (χ3v) is 4.46. The molecule has 0 aromatic rings. The quantitative estimate of drug-likeness (QED) is 0.816. The van der Waals surface area contributed by atoms with E-state index in [1.54, 1.807) is 4.90 Å². The third-order valence-electron chi connectivity index (χ3n) is 4.46. The van der Waals surface area contributed by atoms with Crippen molar-refractivity contribution in [2.24, 2.45) is 0 Å². The molecule has 6 nitrogen and oxygen atoms in total. The lowest BCUT2D eigenvalue weighted by atomic mass is 9.89. The van der Waals surface area contributed by atoms with Gasteiger partial charge in [0.05, 0.1) is 12.7 Å². The minimum Gasteiger partial charge on any atom is -0.444 e. The number of carbonyl (C=O) groups is 1. The highest BCUT2D eigenvalue weighted by Gasteiger charge is 2.41. The number of aliphatic hydroxyl groups is 2. The average molecular weight is 314 g/mol. The fourth-order valence-electron chi connectivity index (χ4n) is 3.35. The molecule has 0 aromatic heterocycles. The van der Waals surface area contributed by atoms with E-state index in [9.17, 15) is 15.0 Å². The first-order valence-corrected chi connectivity index (χ1v) is 8.34. The van der Waals surface area contributed by atoms with Crippen LogP contribution in [0.4, 0.5) is 4.79 Å². The average Bonchev–Trinajstić information content (AvgIpc) is 2.34. The SMILES string of the molecule is CC(C)(C)OC(=O)N1CC(N(CCO)[C@H]2CCCC[C@@H]2O)C1. The van der Waals surface area contributed by atoms with E-state index < -0.39 is 5.60 Å². The largest absolute Gasteiger partial charge is 0.444 e. The fraction of sp³-hybridized carbons (Fsp3) is 0.938. The number of ether oxygens (including phenoxy) is 1. The van der Waals surface area contributed by atoms with Crippen molar-refractivity contribution in [2.75, 3.05) is 26.2 Å². The Hall–Kier alpha value is -0.850. The van der Waals surface area contributed by atoms with Gasteiger partial charge in [-0.2, -0.15) is 0 Å². The van der Waals surface area contributed by atoms with Gasteiger partial charge < -0.3 is 19.8 Å². The first-order chi connectivity index (χ1) is 10.3. The van der Waals surface area contributed by atoms with Gasteiger partial charge in [0.1, 0.15) is 5.60 Å². The predicted octanol–water partition coefficient (Wildman–Crippen LogP) is 1.20. The predicted molar refractivity (Wildman–Crippen MR) is 83.6 cm³/mol. The molecule has 128 valence electrons. The molecule has 1 amide bonds. The second-order valence-corrected chi connectivity index (χ2v) is 7.42. The zero-order chi connectivity index (χ0) is 16.3. The number of hydrogen-bond acceptors (Lipinski definition) is 5. The zero-order valence-corrected chi connectivity index (χ0v) is 14.0. The molecule has 2 N–H and O–H groups in total. The summed E-state index contributed by atoms with van der Waals surface area (Å²) < 4.78 is 5.37. The van der Waals surface area contributed by atoms with E-state index in [0.717, 1.165) is 25.7 Å². The summed E-state index contributed by atoms with van der Waals surface area (Å²) in [5.74, 6) is 0. The summed E-state index contributed by atoms with van der Waals surface area (Å²) in [6.45, 7) is 7.42. The molecular weight excluding hydrogens is 284 g/mol. The molecule has 1 heterocycles. The topological polar surface area (TPSA) is 73.2 Å². The summed E-state index contributed by atoms with van der Waals surface area (Å²) in [6.07, 6.45) is 3.37. The van der Waals surface area contributed by atoms with Crippen LogP contribution in [0.25, 0.3) is 0 Å². The van der Waals surface area contributed by atoms with Crippen molar-refractivity contribution in [1.29, 1.82) is 0 Å². The fourth-order valence-corrected chi connectivity index (χ4v) is 3.35. The summed E-state index contributed by atoms with van der Waals surface area (Å²) in [5, 5.41) is 19.6. The van der Waals surface area contributed by atoms with E-state index in [2.05, 4.69) is 4.90 Å². The monoisotopic (exact) mass is 314 g/mol. The van der Waals surface area contributed by atoms with E-state index in [4.69, 9.17) is 4.74 Å². The van der Waals surface area contributed by atoms with Gasteiger partial charge in [0.25, 0.3) is 0 Å². The number of carbonyl (C=O) groups excluding carboxylic acids is 1. The van der Waals surface area contributed by atoms with Gasteiger partial charge in [0, 0.05) is 31.7 Å². The van der Waals surface area contributed by atoms with Crippen LogP contribution in [0.5, 0.6) is 0 Å². The van der Waals surface area contributed by atoms with Crippen LogP contribution in [0.15, 0.2) is 0 Å². The Morgan fingerprint density at radius 1 is 1.27 bits per heavy atom. The second kappa shape index (κ2) is 7.15. The number of likely N-dealkylation sites (tertiary alicyclic amines) is 1. The van der Waals surface area contributed by atoms with Gasteiger partial charge >= 0.3 is 6.09 Å². The van der Waals surface area contributed by atoms with Crippen LogP contribution < -0.4 is 0 Å². The summed E-state index contributed by atoms with van der Waals surface area (Å²) >= 11 is 0. The molecule has 0 radical (unpaired) electrons. The van der Waals surface area contributed by atoms with Crippen LogP contribution in [-0.2, 0) is 4.74 Å². The Morgan fingerprint density at radius 2 is 1.91 bits per heavy atom. The van der Waals surface area contributed by atoms with Gasteiger partial charge in [-0.05, 0) is 33.6 Å². The van der Waals surface area contributed by atoms with Gasteiger partial charge in [-0.25, -0.2) is 4.79 Å². The molecule has 6 heteroatoms. The highest BCUT2D eigenvalue weighted by molar-refractivity contribution is 5.69. The van der Waals surface area contributed by atoms with Gasteiger partial charge in [0.2, 0.25) is 0 Å². The number of hydrogen-bond donors (Lipinski definition) is 2. The molecule has 0 bridgehead atoms. The number of rotatable bonds is 4. The number of aliphatic hydroxyl groups excluding tert-OH is 2. The van der Waals surface area contributed by atoms with Gasteiger partial charge in [-0.1, -0.05) is 12.8 Å². The molecule has 1 aliphatic carbocycles. The van der Waals surface area contributed by atoms with Gasteiger partial charge in [-0.15, -0.1) is 0 Å². The Kier molecular flexibility index (Phi) is 5.69. The van der Waals surface area contributed by atoms with E-state index in [1.807, 2.05) is 20.8 Å². The third kappa shape index (κ3) is 4.33. The maximum absolute atomic E-state index is 12.0. The molecule has 1 saturated carbocycles. The number of nitrogens with zero attached hydrogens (tertiary/aromatic N) is 2. The first kappa shape index (κ1) is 17.5. The molecule has 2 atom stereocenters. The van der Waals surface area contributed by atoms with E-state index in [-0.39, 0.29) is 30.9 Å². The lowest BCUT2D eigenvalue weighted by Crippen LogP contribution is -2.65. The minimum atomic E-state index is -0.480. The van der Waals surface area contributed by atoms with Crippen LogP contribution >= 0.6 is 0 Å². The maximum Gasteiger partial charge on any atom is 0.410 e. The van der Waals surface area contributed by atoms with E-state index in [1.165, 1.54) is 0 Å². The normalized spacial score (nSPS) is 26.9. The molecule has 1 aliphatic heterocycles. The lowest BCUT2D eigenvalue weighted by Gasteiger charge is -2.49. The maximum atomic E-state index is 12.0. The summed E-state index contributed by atoms with van der Waals surface area (Å²) in [7, 11) is 0. The Balaban J connectivity index is 1.89.